The highest BCUT2D eigenvalue weighted by atomic mass is 35.5. The number of hydrogen-bond acceptors (Lipinski definition) is 4. The molecule has 0 fully saturated rings. The van der Waals surface area contributed by atoms with E-state index in [1.54, 1.807) is 0 Å². The van der Waals surface area contributed by atoms with Crippen LogP contribution in [0.2, 0.25) is 10.0 Å². The number of thioether (sulfide) groups is 1. The lowest BCUT2D eigenvalue weighted by Crippen LogP contribution is -2.15. The van der Waals surface area contributed by atoms with E-state index in [0.717, 1.165) is 11.8 Å². The average molecular weight is 310 g/mol. The van der Waals surface area contributed by atoms with E-state index in [-0.39, 0.29) is 33.2 Å². The van der Waals surface area contributed by atoms with Gasteiger partial charge >= 0.3 is 5.97 Å². The fourth-order valence-electron chi connectivity index (χ4n) is 1.07. The monoisotopic (exact) mass is 309 g/mol. The summed E-state index contributed by atoms with van der Waals surface area (Å²) in [7, 11) is 0. The van der Waals surface area contributed by atoms with Gasteiger partial charge in [-0.05, 0) is 12.1 Å². The first-order valence-corrected chi connectivity index (χ1v) is 6.58. The van der Waals surface area contributed by atoms with Gasteiger partial charge in [-0.1, -0.05) is 23.2 Å². The third kappa shape index (κ3) is 4.64. The quantitative estimate of drug-likeness (QED) is 0.727. The summed E-state index contributed by atoms with van der Waals surface area (Å²) in [5.74, 6) is -1.76. The van der Waals surface area contributed by atoms with Gasteiger partial charge in [0.05, 0.1) is 21.6 Å². The maximum atomic E-state index is 11.4. The molecule has 0 bridgehead atoms. The summed E-state index contributed by atoms with van der Waals surface area (Å²) in [6.07, 6.45) is 0. The van der Waals surface area contributed by atoms with Crippen molar-refractivity contribution < 1.29 is 19.8 Å². The first-order chi connectivity index (χ1) is 8.40. The van der Waals surface area contributed by atoms with Gasteiger partial charge in [-0.25, -0.2) is 0 Å². The zero-order chi connectivity index (χ0) is 13.7. The highest BCUT2D eigenvalue weighted by molar-refractivity contribution is 8.00. The lowest BCUT2D eigenvalue weighted by molar-refractivity contribution is -0.133. The Bertz CT molecular complexity index is 458. The molecule has 18 heavy (non-hydrogen) atoms. The van der Waals surface area contributed by atoms with Crippen LogP contribution in [0.4, 0.5) is 5.69 Å². The van der Waals surface area contributed by atoms with Crippen molar-refractivity contribution >= 4 is 52.5 Å². The molecule has 98 valence electrons. The molecule has 0 spiro atoms. The van der Waals surface area contributed by atoms with Crippen LogP contribution in [-0.4, -0.2) is 33.6 Å². The molecule has 0 saturated carbocycles. The third-order valence-corrected chi connectivity index (χ3v) is 3.25. The summed E-state index contributed by atoms with van der Waals surface area (Å²) in [6, 6.07) is 2.70. The Labute approximate surface area is 117 Å². The molecule has 0 radical (unpaired) electrons. The van der Waals surface area contributed by atoms with E-state index in [4.69, 9.17) is 28.3 Å². The van der Waals surface area contributed by atoms with E-state index in [0.29, 0.717) is 5.69 Å². The average Bonchev–Trinajstić information content (AvgIpc) is 2.25. The van der Waals surface area contributed by atoms with Crippen LogP contribution in [-0.2, 0) is 9.59 Å². The van der Waals surface area contributed by atoms with Gasteiger partial charge in [0, 0.05) is 5.69 Å². The van der Waals surface area contributed by atoms with Crippen molar-refractivity contribution in [1.82, 2.24) is 0 Å². The Balaban J connectivity index is 2.57. The van der Waals surface area contributed by atoms with Crippen molar-refractivity contribution in [2.75, 3.05) is 16.8 Å². The molecule has 0 aromatic heterocycles. The van der Waals surface area contributed by atoms with E-state index in [2.05, 4.69) is 5.32 Å². The van der Waals surface area contributed by atoms with E-state index in [1.807, 2.05) is 0 Å². The Hall–Kier alpha value is -1.11. The predicted molar refractivity (Wildman–Crippen MR) is 71.7 cm³/mol. The van der Waals surface area contributed by atoms with Crippen molar-refractivity contribution in [3.05, 3.63) is 22.2 Å². The summed E-state index contributed by atoms with van der Waals surface area (Å²) >= 11 is 12.3. The van der Waals surface area contributed by atoms with Crippen molar-refractivity contribution in [1.29, 1.82) is 0 Å². The van der Waals surface area contributed by atoms with E-state index in [1.165, 1.54) is 12.1 Å². The SMILES string of the molecule is O=C(O)CSCC(=O)Nc1cc(Cl)c(O)c(Cl)c1. The molecule has 8 heteroatoms. The van der Waals surface area contributed by atoms with E-state index >= 15 is 0 Å². The number of aliphatic carboxylic acids is 1. The van der Waals surface area contributed by atoms with Crippen LogP contribution >= 0.6 is 35.0 Å². The second kappa shape index (κ2) is 6.72. The molecule has 0 aliphatic carbocycles. The van der Waals surface area contributed by atoms with E-state index in [9.17, 15) is 14.7 Å². The van der Waals surface area contributed by atoms with Crippen molar-refractivity contribution in [2.45, 2.75) is 0 Å². The Kier molecular flexibility index (Phi) is 5.58. The molecular weight excluding hydrogens is 301 g/mol. The fraction of sp³-hybridized carbons (Fsp3) is 0.200. The molecule has 1 rings (SSSR count). The van der Waals surface area contributed by atoms with Gasteiger partial charge in [-0.2, -0.15) is 0 Å². The number of aromatic hydroxyl groups is 1. The van der Waals surface area contributed by atoms with Crippen LogP contribution in [0.1, 0.15) is 0 Å². The van der Waals surface area contributed by atoms with Gasteiger partial charge < -0.3 is 15.5 Å². The molecule has 0 heterocycles. The molecule has 1 amide bonds. The number of halogens is 2. The van der Waals surface area contributed by atoms with Crippen LogP contribution in [0, 0.1) is 0 Å². The van der Waals surface area contributed by atoms with Gasteiger partial charge in [0.25, 0.3) is 0 Å². The largest absolute Gasteiger partial charge is 0.505 e. The number of carbonyl (C=O) groups is 2. The number of rotatable bonds is 5. The normalized spacial score (nSPS) is 10.1. The highest BCUT2D eigenvalue weighted by Gasteiger charge is 2.09. The maximum absolute atomic E-state index is 11.4. The molecular formula is C10H9Cl2NO4S. The molecule has 0 aliphatic rings. The number of carboxylic acids is 1. The number of benzene rings is 1. The molecule has 0 atom stereocenters. The smallest absolute Gasteiger partial charge is 0.313 e. The number of phenols is 1. The molecule has 1 aromatic rings. The molecule has 0 saturated heterocycles. The Morgan fingerprint density at radius 1 is 1.22 bits per heavy atom. The van der Waals surface area contributed by atoms with Gasteiger partial charge in [0.1, 0.15) is 0 Å². The number of phenolic OH excluding ortho intramolecular Hbond substituents is 1. The third-order valence-electron chi connectivity index (χ3n) is 1.76. The van der Waals surface area contributed by atoms with Gasteiger partial charge in [-0.15, -0.1) is 11.8 Å². The highest BCUT2D eigenvalue weighted by Crippen LogP contribution is 2.34. The van der Waals surface area contributed by atoms with Crippen molar-refractivity contribution in [2.24, 2.45) is 0 Å². The van der Waals surface area contributed by atoms with Crippen molar-refractivity contribution in [3.63, 3.8) is 0 Å². The number of nitrogens with one attached hydrogen (secondary N) is 1. The van der Waals surface area contributed by atoms with Crippen LogP contribution in [0.15, 0.2) is 12.1 Å². The lowest BCUT2D eigenvalue weighted by Gasteiger charge is -2.07. The molecule has 0 unspecified atom stereocenters. The Morgan fingerprint density at radius 3 is 2.28 bits per heavy atom. The molecule has 5 nitrogen and oxygen atoms in total. The molecule has 1 aromatic carbocycles. The molecule has 3 N–H and O–H groups in total. The number of amides is 1. The first kappa shape index (κ1) is 14.9. The minimum atomic E-state index is -0.983. The Morgan fingerprint density at radius 2 is 1.78 bits per heavy atom. The summed E-state index contributed by atoms with van der Waals surface area (Å²) in [5, 5.41) is 20.3. The zero-order valence-corrected chi connectivity index (χ0v) is 11.3. The maximum Gasteiger partial charge on any atom is 0.313 e. The van der Waals surface area contributed by atoms with E-state index < -0.39 is 5.97 Å². The van der Waals surface area contributed by atoms with Crippen LogP contribution < -0.4 is 5.32 Å². The topological polar surface area (TPSA) is 86.6 Å². The van der Waals surface area contributed by atoms with Crippen LogP contribution in [0.3, 0.4) is 0 Å². The summed E-state index contributed by atoms with van der Waals surface area (Å²) in [4.78, 5) is 21.7. The zero-order valence-electron chi connectivity index (χ0n) is 8.94. The fourth-order valence-corrected chi connectivity index (χ4v) is 2.09. The second-order valence-corrected chi connectivity index (χ2v) is 5.02. The second-order valence-electron chi connectivity index (χ2n) is 3.22. The van der Waals surface area contributed by atoms with Gasteiger partial charge in [0.2, 0.25) is 5.91 Å². The standard InChI is InChI=1S/C10H9Cl2NO4S/c11-6-1-5(2-7(12)10(6)17)13-8(14)3-18-4-9(15)16/h1-2,17H,3-4H2,(H,13,14)(H,15,16). The number of hydrogen-bond donors (Lipinski definition) is 3. The van der Waals surface area contributed by atoms with Crippen LogP contribution in [0.5, 0.6) is 5.75 Å². The lowest BCUT2D eigenvalue weighted by atomic mass is 10.3. The summed E-state index contributed by atoms with van der Waals surface area (Å²) in [6.45, 7) is 0. The summed E-state index contributed by atoms with van der Waals surface area (Å²) in [5.41, 5.74) is 0.337. The number of anilines is 1. The van der Waals surface area contributed by atoms with Crippen molar-refractivity contribution in [3.8, 4) is 5.75 Å². The minimum Gasteiger partial charge on any atom is -0.505 e. The summed E-state index contributed by atoms with van der Waals surface area (Å²) < 4.78 is 0. The molecule has 0 aliphatic heterocycles. The van der Waals surface area contributed by atoms with Gasteiger partial charge in [-0.3, -0.25) is 9.59 Å². The first-order valence-electron chi connectivity index (χ1n) is 4.67. The number of carboxylic acid groups (broad SMARTS) is 1. The van der Waals surface area contributed by atoms with Crippen LogP contribution in [0.25, 0.3) is 0 Å². The van der Waals surface area contributed by atoms with Gasteiger partial charge in [0.15, 0.2) is 5.75 Å². The predicted octanol–water partition coefficient (Wildman–Crippen LogP) is 2.46. The number of carbonyl (C=O) groups excluding carboxylic acids is 1. The minimum absolute atomic E-state index is 0.00240.